The third kappa shape index (κ3) is 14.4. The largest absolute Gasteiger partial charge is 0.300 e. The average Bonchev–Trinajstić information content (AvgIpc) is 2.47. The van der Waals surface area contributed by atoms with E-state index in [9.17, 15) is 4.79 Å². The molecule has 0 fully saturated rings. The van der Waals surface area contributed by atoms with Crippen LogP contribution < -0.4 is 0 Å². The second-order valence-electron chi connectivity index (χ2n) is 6.77. The Morgan fingerprint density at radius 3 is 1.43 bits per heavy atom. The molecule has 1 unspecified atom stereocenters. The summed E-state index contributed by atoms with van der Waals surface area (Å²) in [5.74, 6) is 0.748. The minimum atomic E-state index is 0.345. The smallest absolute Gasteiger partial charge is 0.132 e. The van der Waals surface area contributed by atoms with Crippen molar-refractivity contribution in [2.75, 3.05) is 0 Å². The van der Waals surface area contributed by atoms with Crippen LogP contribution in [0.2, 0.25) is 0 Å². The van der Waals surface area contributed by atoms with Gasteiger partial charge >= 0.3 is 0 Å². The van der Waals surface area contributed by atoms with Gasteiger partial charge < -0.3 is 0 Å². The Morgan fingerprint density at radius 1 is 0.619 bits per heavy atom. The molecular formula is C20H40O. The molecule has 0 amide bonds. The first-order chi connectivity index (χ1) is 10.2. The first-order valence-electron chi connectivity index (χ1n) is 9.72. The van der Waals surface area contributed by atoms with E-state index in [4.69, 9.17) is 0 Å². The SMILES string of the molecule is CCCCCCCCCCCCCCC(CCC)C(C)=O. The van der Waals surface area contributed by atoms with Gasteiger partial charge in [-0.2, -0.15) is 0 Å². The molecule has 0 saturated heterocycles. The topological polar surface area (TPSA) is 17.1 Å². The van der Waals surface area contributed by atoms with E-state index in [-0.39, 0.29) is 0 Å². The van der Waals surface area contributed by atoms with Gasteiger partial charge in [0, 0.05) is 5.92 Å². The van der Waals surface area contributed by atoms with Crippen molar-refractivity contribution < 1.29 is 4.79 Å². The fourth-order valence-corrected chi connectivity index (χ4v) is 3.13. The van der Waals surface area contributed by atoms with Crippen LogP contribution in [0.15, 0.2) is 0 Å². The van der Waals surface area contributed by atoms with Crippen LogP contribution >= 0.6 is 0 Å². The molecule has 0 heterocycles. The summed E-state index contributed by atoms with van der Waals surface area (Å²) in [7, 11) is 0. The Morgan fingerprint density at radius 2 is 1.05 bits per heavy atom. The van der Waals surface area contributed by atoms with Crippen molar-refractivity contribution in [1.82, 2.24) is 0 Å². The molecule has 21 heavy (non-hydrogen) atoms. The lowest BCUT2D eigenvalue weighted by Gasteiger charge is -2.12. The minimum Gasteiger partial charge on any atom is -0.300 e. The number of carbonyl (C=O) groups excluding carboxylic acids is 1. The van der Waals surface area contributed by atoms with E-state index in [1.165, 1.54) is 77.0 Å². The third-order valence-corrected chi connectivity index (χ3v) is 4.62. The van der Waals surface area contributed by atoms with Gasteiger partial charge in [0.05, 0.1) is 0 Å². The van der Waals surface area contributed by atoms with Crippen LogP contribution in [0.4, 0.5) is 0 Å². The number of hydrogen-bond acceptors (Lipinski definition) is 1. The van der Waals surface area contributed by atoms with E-state index < -0.39 is 0 Å². The van der Waals surface area contributed by atoms with Crippen molar-refractivity contribution in [1.29, 1.82) is 0 Å². The molecule has 126 valence electrons. The van der Waals surface area contributed by atoms with Crippen LogP contribution in [0.1, 0.15) is 117 Å². The highest BCUT2D eigenvalue weighted by Crippen LogP contribution is 2.18. The zero-order chi connectivity index (χ0) is 15.8. The van der Waals surface area contributed by atoms with Gasteiger partial charge in [-0.15, -0.1) is 0 Å². The quantitative estimate of drug-likeness (QED) is 0.278. The Balaban J connectivity index is 3.23. The lowest BCUT2D eigenvalue weighted by molar-refractivity contribution is -0.121. The summed E-state index contributed by atoms with van der Waals surface area (Å²) in [5, 5.41) is 0. The third-order valence-electron chi connectivity index (χ3n) is 4.62. The molecule has 0 aliphatic carbocycles. The number of Topliss-reactive ketones (excluding diaryl/α,β-unsaturated/α-hetero) is 1. The highest BCUT2D eigenvalue weighted by Gasteiger charge is 2.11. The second kappa shape index (κ2) is 16.0. The molecule has 0 rings (SSSR count). The Kier molecular flexibility index (Phi) is 15.8. The average molecular weight is 297 g/mol. The van der Waals surface area contributed by atoms with E-state index in [0.717, 1.165) is 19.3 Å². The summed E-state index contributed by atoms with van der Waals surface area (Å²) in [4.78, 5) is 11.5. The highest BCUT2D eigenvalue weighted by atomic mass is 16.1. The Bertz CT molecular complexity index is 222. The Labute approximate surface area is 134 Å². The first kappa shape index (κ1) is 20.7. The predicted octanol–water partition coefficient (Wildman–Crippen LogP) is 7.08. The zero-order valence-corrected chi connectivity index (χ0v) is 15.1. The molecule has 0 spiro atoms. The van der Waals surface area contributed by atoms with Gasteiger partial charge in [0.15, 0.2) is 0 Å². The summed E-state index contributed by atoms with van der Waals surface area (Å²) in [5.41, 5.74) is 0. The second-order valence-corrected chi connectivity index (χ2v) is 6.77. The van der Waals surface area contributed by atoms with Crippen molar-refractivity contribution in [3.05, 3.63) is 0 Å². The van der Waals surface area contributed by atoms with E-state index >= 15 is 0 Å². The predicted molar refractivity (Wildman–Crippen MR) is 94.8 cm³/mol. The summed E-state index contributed by atoms with van der Waals surface area (Å²) in [6, 6.07) is 0. The van der Waals surface area contributed by atoms with Crippen molar-refractivity contribution in [3.63, 3.8) is 0 Å². The lowest BCUT2D eigenvalue weighted by Crippen LogP contribution is -2.10. The summed E-state index contributed by atoms with van der Waals surface area (Å²) in [6.07, 6.45) is 20.1. The van der Waals surface area contributed by atoms with Gasteiger partial charge in [0.1, 0.15) is 5.78 Å². The van der Waals surface area contributed by atoms with Crippen molar-refractivity contribution in [2.45, 2.75) is 117 Å². The van der Waals surface area contributed by atoms with Gasteiger partial charge in [0.25, 0.3) is 0 Å². The van der Waals surface area contributed by atoms with Crippen molar-refractivity contribution in [3.8, 4) is 0 Å². The molecule has 0 aromatic heterocycles. The molecular weight excluding hydrogens is 256 g/mol. The maximum atomic E-state index is 11.5. The molecule has 1 atom stereocenters. The fourth-order valence-electron chi connectivity index (χ4n) is 3.13. The van der Waals surface area contributed by atoms with Crippen molar-refractivity contribution in [2.24, 2.45) is 5.92 Å². The van der Waals surface area contributed by atoms with Crippen LogP contribution in [0.3, 0.4) is 0 Å². The van der Waals surface area contributed by atoms with Gasteiger partial charge in [-0.25, -0.2) is 0 Å². The summed E-state index contributed by atoms with van der Waals surface area (Å²) >= 11 is 0. The van der Waals surface area contributed by atoms with Gasteiger partial charge in [-0.05, 0) is 19.8 Å². The molecule has 0 saturated carbocycles. The molecule has 0 radical (unpaired) electrons. The lowest BCUT2D eigenvalue weighted by atomic mass is 9.93. The molecule has 0 aromatic rings. The van der Waals surface area contributed by atoms with Crippen molar-refractivity contribution >= 4 is 5.78 Å². The molecule has 0 aliphatic rings. The number of carbonyl (C=O) groups is 1. The minimum absolute atomic E-state index is 0.345. The van der Waals surface area contributed by atoms with E-state index in [0.29, 0.717) is 11.7 Å². The summed E-state index contributed by atoms with van der Waals surface area (Å²) < 4.78 is 0. The van der Waals surface area contributed by atoms with Gasteiger partial charge in [-0.3, -0.25) is 4.79 Å². The number of hydrogen-bond donors (Lipinski definition) is 0. The van der Waals surface area contributed by atoms with Crippen LogP contribution in [0, 0.1) is 5.92 Å². The van der Waals surface area contributed by atoms with E-state index in [1.807, 2.05) is 0 Å². The van der Waals surface area contributed by atoms with E-state index in [2.05, 4.69) is 13.8 Å². The summed E-state index contributed by atoms with van der Waals surface area (Å²) in [6.45, 7) is 6.22. The fraction of sp³-hybridized carbons (Fsp3) is 0.950. The monoisotopic (exact) mass is 296 g/mol. The molecule has 1 heteroatoms. The zero-order valence-electron chi connectivity index (χ0n) is 15.1. The van der Waals surface area contributed by atoms with Crippen LogP contribution in [-0.2, 0) is 4.79 Å². The Hall–Kier alpha value is -0.330. The van der Waals surface area contributed by atoms with Crippen LogP contribution in [-0.4, -0.2) is 5.78 Å². The molecule has 0 aliphatic heterocycles. The number of unbranched alkanes of at least 4 members (excludes halogenated alkanes) is 11. The molecule has 0 bridgehead atoms. The normalized spacial score (nSPS) is 12.5. The van der Waals surface area contributed by atoms with Gasteiger partial charge in [-0.1, -0.05) is 97.3 Å². The molecule has 1 nitrogen and oxygen atoms in total. The maximum absolute atomic E-state index is 11.5. The van der Waals surface area contributed by atoms with Gasteiger partial charge in [0.2, 0.25) is 0 Å². The van der Waals surface area contributed by atoms with Crippen LogP contribution in [0.25, 0.3) is 0 Å². The van der Waals surface area contributed by atoms with Crippen LogP contribution in [0.5, 0.6) is 0 Å². The first-order valence-corrected chi connectivity index (χ1v) is 9.72. The number of rotatable bonds is 16. The number of ketones is 1. The standard InChI is InChI=1S/C20H40O/c1-4-6-7-8-9-10-11-12-13-14-15-16-18-20(17-5-2)19(3)21/h20H,4-18H2,1-3H3. The highest BCUT2D eigenvalue weighted by molar-refractivity contribution is 5.78. The molecule has 0 aromatic carbocycles. The van der Waals surface area contributed by atoms with E-state index in [1.54, 1.807) is 6.92 Å². The maximum Gasteiger partial charge on any atom is 0.132 e. The molecule has 0 N–H and O–H groups in total.